The lowest BCUT2D eigenvalue weighted by molar-refractivity contribution is -0.154. The number of cyclic esters (lactones) is 1. The second kappa shape index (κ2) is 12.8. The number of ether oxygens (including phenoxy) is 2. The maximum absolute atomic E-state index is 14.7. The van der Waals surface area contributed by atoms with E-state index in [0.29, 0.717) is 39.3 Å². The smallest absolute Gasteiger partial charge is 0.311 e. The van der Waals surface area contributed by atoms with Crippen molar-refractivity contribution in [3.63, 3.8) is 0 Å². The fourth-order valence-corrected chi connectivity index (χ4v) is 9.74. The minimum absolute atomic E-state index is 0.127. The fourth-order valence-electron chi connectivity index (χ4n) is 7.60. The number of aliphatic hydroxyl groups excluding tert-OH is 1. The maximum Gasteiger partial charge on any atom is 0.311 e. The quantitative estimate of drug-likeness (QED) is 0.372. The summed E-state index contributed by atoms with van der Waals surface area (Å²) in [7, 11) is 0. The Labute approximate surface area is 258 Å². The van der Waals surface area contributed by atoms with E-state index in [1.165, 1.54) is 0 Å². The van der Waals surface area contributed by atoms with Gasteiger partial charge in [0.25, 0.3) is 0 Å². The van der Waals surface area contributed by atoms with Crippen molar-refractivity contribution in [2.75, 3.05) is 59.2 Å². The number of carbonyl (C=O) groups excluding carboxylic acids is 3. The van der Waals surface area contributed by atoms with Crippen LogP contribution in [0.1, 0.15) is 31.7 Å². The van der Waals surface area contributed by atoms with E-state index in [4.69, 9.17) is 9.47 Å². The average molecular weight is 610 g/mol. The van der Waals surface area contributed by atoms with Crippen LogP contribution in [0.5, 0.6) is 0 Å². The predicted molar refractivity (Wildman–Crippen MR) is 164 cm³/mol. The number of hydrogen-bond donors (Lipinski definition) is 1. The number of rotatable bonds is 7. The molecule has 1 aromatic rings. The molecule has 10 heteroatoms. The zero-order valence-electron chi connectivity index (χ0n) is 24.9. The van der Waals surface area contributed by atoms with Gasteiger partial charge in [0, 0.05) is 37.5 Å². The number of morpholine rings is 1. The fraction of sp³-hybridized carbons (Fsp3) is 0.606. The molecule has 1 N–H and O–H groups in total. The molecule has 2 amide bonds. The van der Waals surface area contributed by atoms with Gasteiger partial charge in [0.2, 0.25) is 11.8 Å². The summed E-state index contributed by atoms with van der Waals surface area (Å²) in [4.78, 5) is 49.1. The van der Waals surface area contributed by atoms with Crippen LogP contribution in [0, 0.1) is 11.8 Å². The number of aliphatic hydroxyl groups is 1. The largest absolute Gasteiger partial charge is 0.465 e. The van der Waals surface area contributed by atoms with Gasteiger partial charge < -0.3 is 24.4 Å². The van der Waals surface area contributed by atoms with Crippen molar-refractivity contribution < 1.29 is 29.0 Å². The molecule has 232 valence electrons. The zero-order valence-corrected chi connectivity index (χ0v) is 25.8. The van der Waals surface area contributed by atoms with E-state index < -0.39 is 33.4 Å². The maximum atomic E-state index is 14.7. The van der Waals surface area contributed by atoms with Crippen molar-refractivity contribution in [1.29, 1.82) is 0 Å². The number of amides is 2. The highest BCUT2D eigenvalue weighted by molar-refractivity contribution is 8.02. The molecule has 9 nitrogen and oxygen atoms in total. The molecule has 1 aromatic carbocycles. The van der Waals surface area contributed by atoms with Crippen molar-refractivity contribution in [2.24, 2.45) is 11.8 Å². The van der Waals surface area contributed by atoms with E-state index >= 15 is 0 Å². The third kappa shape index (κ3) is 5.67. The van der Waals surface area contributed by atoms with Gasteiger partial charge in [-0.05, 0) is 38.2 Å². The van der Waals surface area contributed by atoms with Crippen molar-refractivity contribution in [3.8, 4) is 0 Å². The topological polar surface area (TPSA) is 99.6 Å². The Bertz CT molecular complexity index is 1250. The second-order valence-corrected chi connectivity index (χ2v) is 14.3. The molecule has 0 radical (unpaired) electrons. The normalized spacial score (nSPS) is 34.7. The molecule has 43 heavy (non-hydrogen) atoms. The van der Waals surface area contributed by atoms with E-state index in [2.05, 4.69) is 17.1 Å². The molecule has 6 atom stereocenters. The minimum atomic E-state index is -0.969. The summed E-state index contributed by atoms with van der Waals surface area (Å²) < 4.78 is 9.60. The number of nitrogens with zero attached hydrogens (tertiary/aromatic N) is 3. The van der Waals surface area contributed by atoms with E-state index in [1.54, 1.807) is 16.7 Å². The Morgan fingerprint density at radius 1 is 0.977 bits per heavy atom. The summed E-state index contributed by atoms with van der Waals surface area (Å²) >= 11 is 1.56. The first-order valence-corrected chi connectivity index (χ1v) is 16.5. The second-order valence-electron chi connectivity index (χ2n) is 12.5. The Balaban J connectivity index is 1.40. The number of fused-ring (bicyclic) bond motifs is 2. The van der Waals surface area contributed by atoms with E-state index in [9.17, 15) is 19.5 Å². The lowest BCUT2D eigenvalue weighted by Crippen LogP contribution is -2.58. The van der Waals surface area contributed by atoms with Gasteiger partial charge in [-0.25, -0.2) is 0 Å². The molecule has 6 rings (SSSR count). The molecule has 0 saturated carbocycles. The van der Waals surface area contributed by atoms with Crippen LogP contribution >= 0.6 is 11.8 Å². The van der Waals surface area contributed by atoms with E-state index in [0.717, 1.165) is 44.5 Å². The minimum Gasteiger partial charge on any atom is -0.465 e. The summed E-state index contributed by atoms with van der Waals surface area (Å²) in [6.07, 6.45) is 11.2. The molecular weight excluding hydrogens is 566 g/mol. The highest BCUT2D eigenvalue weighted by Gasteiger charge is 2.74. The third-order valence-electron chi connectivity index (χ3n) is 9.73. The standard InChI is InChI=1S/C33H43N3O6S/c1-32-12-7-2-3-8-19-42-31(40)27(32)26-29(38)36(25(23-37)22-24-10-5-4-6-11-24)28-30(39)35(14-9-13-33(26,28)43-32)16-15-34-17-20-41-21-18-34/h4-7,9-13,25-28,37H,2-3,8,14-23H2,1H3/b12-7-/t25-,26+,27+,28?,32-,33+/m1/s1. The lowest BCUT2D eigenvalue weighted by Gasteiger charge is -2.40. The lowest BCUT2D eigenvalue weighted by atomic mass is 9.74. The Kier molecular flexibility index (Phi) is 9.01. The number of allylic oxidation sites excluding steroid dienone is 1. The van der Waals surface area contributed by atoms with Crippen LogP contribution in [0.15, 0.2) is 54.6 Å². The number of benzene rings is 1. The van der Waals surface area contributed by atoms with Gasteiger partial charge in [-0.3, -0.25) is 19.3 Å². The van der Waals surface area contributed by atoms with Gasteiger partial charge in [-0.15, -0.1) is 11.8 Å². The van der Waals surface area contributed by atoms with Gasteiger partial charge in [-0.2, -0.15) is 0 Å². The van der Waals surface area contributed by atoms with Crippen molar-refractivity contribution in [3.05, 3.63) is 60.2 Å². The Morgan fingerprint density at radius 2 is 1.77 bits per heavy atom. The Hall–Kier alpha value is -2.66. The third-order valence-corrected chi connectivity index (χ3v) is 11.5. The molecule has 1 spiro atoms. The zero-order chi connectivity index (χ0) is 30.0. The van der Waals surface area contributed by atoms with Gasteiger partial charge >= 0.3 is 5.97 Å². The van der Waals surface area contributed by atoms with Gasteiger partial charge in [0.15, 0.2) is 0 Å². The van der Waals surface area contributed by atoms with Crippen LogP contribution < -0.4 is 0 Å². The van der Waals surface area contributed by atoms with Crippen LogP contribution in [-0.4, -0.2) is 118 Å². The number of carbonyl (C=O) groups is 3. The van der Waals surface area contributed by atoms with Crippen molar-refractivity contribution in [1.82, 2.24) is 14.7 Å². The summed E-state index contributed by atoms with van der Waals surface area (Å²) in [5.74, 6) is -2.29. The van der Waals surface area contributed by atoms with Crippen LogP contribution in [0.2, 0.25) is 0 Å². The summed E-state index contributed by atoms with van der Waals surface area (Å²) in [5.41, 5.74) is 0.972. The van der Waals surface area contributed by atoms with Crippen LogP contribution in [0.25, 0.3) is 0 Å². The van der Waals surface area contributed by atoms with E-state index in [1.807, 2.05) is 54.3 Å². The number of likely N-dealkylation sites (tertiary alicyclic amines) is 1. The SMILES string of the molecule is C[C@@]12/C=C\CCCCOC(=O)[C@@H]1[C@H]1C(=O)N([C@@H](CO)Cc3ccccc3)C3C(=O)N(CCN4CCOCC4)CC=C[C@@]31S2. The van der Waals surface area contributed by atoms with Crippen LogP contribution in [0.3, 0.4) is 0 Å². The Morgan fingerprint density at radius 3 is 2.53 bits per heavy atom. The molecule has 0 bridgehead atoms. The van der Waals surface area contributed by atoms with Gasteiger partial charge in [0.1, 0.15) is 6.04 Å². The van der Waals surface area contributed by atoms with Gasteiger partial charge in [-0.1, -0.05) is 54.6 Å². The molecular formula is C33H43N3O6S. The summed E-state index contributed by atoms with van der Waals surface area (Å²) in [6.45, 7) is 6.73. The molecule has 3 fully saturated rings. The average Bonchev–Trinajstić information content (AvgIpc) is 3.35. The number of esters is 1. The molecule has 5 aliphatic heterocycles. The summed E-state index contributed by atoms with van der Waals surface area (Å²) in [6, 6.07) is 8.27. The molecule has 5 heterocycles. The van der Waals surface area contributed by atoms with Gasteiger partial charge in [0.05, 0.1) is 49.1 Å². The number of thioether (sulfide) groups is 1. The highest BCUT2D eigenvalue weighted by Crippen LogP contribution is 2.65. The molecule has 0 aromatic heterocycles. The first kappa shape index (κ1) is 30.4. The number of hydrogen-bond acceptors (Lipinski definition) is 8. The van der Waals surface area contributed by atoms with Crippen LogP contribution in [0.4, 0.5) is 0 Å². The van der Waals surface area contributed by atoms with Crippen molar-refractivity contribution in [2.45, 2.75) is 54.2 Å². The molecule has 1 unspecified atom stereocenters. The predicted octanol–water partition coefficient (Wildman–Crippen LogP) is 2.29. The molecule has 0 aliphatic carbocycles. The monoisotopic (exact) mass is 609 g/mol. The van der Waals surface area contributed by atoms with Crippen molar-refractivity contribution >= 4 is 29.5 Å². The first-order chi connectivity index (χ1) is 20.9. The first-order valence-electron chi connectivity index (χ1n) is 15.7. The van der Waals surface area contributed by atoms with Crippen LogP contribution in [-0.2, 0) is 30.3 Å². The highest BCUT2D eigenvalue weighted by atomic mass is 32.2. The summed E-state index contributed by atoms with van der Waals surface area (Å²) in [5, 5.41) is 10.7. The molecule has 3 saturated heterocycles. The van der Waals surface area contributed by atoms with E-state index in [-0.39, 0.29) is 24.4 Å². The molecule has 5 aliphatic rings.